The molecule has 0 saturated heterocycles. The van der Waals surface area contributed by atoms with Gasteiger partial charge in [-0.1, -0.05) is 41.4 Å². The highest BCUT2D eigenvalue weighted by atomic mass is 35.5. The molecule has 0 saturated carbocycles. The molecule has 0 radical (unpaired) electrons. The average molecular weight is 552 g/mol. The summed E-state index contributed by atoms with van der Waals surface area (Å²) < 4.78 is 7.74. The lowest BCUT2D eigenvalue weighted by Crippen LogP contribution is -2.33. The number of ketones is 1. The number of benzene rings is 1. The van der Waals surface area contributed by atoms with Crippen molar-refractivity contribution in [2.75, 3.05) is 26.1 Å². The van der Waals surface area contributed by atoms with Crippen LogP contribution in [0, 0.1) is 0 Å². The Kier molecular flexibility index (Phi) is 6.79. The van der Waals surface area contributed by atoms with Gasteiger partial charge in [0.25, 0.3) is 5.91 Å². The molecule has 0 fully saturated rings. The SMILES string of the molecule is COc1nc(N(C)C)ncc1-c1cc2c(n1C(C)C)C(c1ccc(Cl)cc1)N(C1=CC(Cl)=CCC1=O)C2=O. The van der Waals surface area contributed by atoms with Gasteiger partial charge in [0.1, 0.15) is 6.04 Å². The van der Waals surface area contributed by atoms with Crippen LogP contribution >= 0.6 is 23.2 Å². The molecule has 3 heterocycles. The van der Waals surface area contributed by atoms with Gasteiger partial charge in [-0.05, 0) is 43.7 Å². The third kappa shape index (κ3) is 4.27. The van der Waals surface area contributed by atoms with Crippen molar-refractivity contribution in [2.45, 2.75) is 32.4 Å². The molecule has 5 rings (SSSR count). The minimum atomic E-state index is -0.573. The zero-order valence-electron chi connectivity index (χ0n) is 21.7. The van der Waals surface area contributed by atoms with Crippen LogP contribution in [0.3, 0.4) is 0 Å². The number of halogens is 2. The van der Waals surface area contributed by atoms with E-state index in [1.807, 2.05) is 46.1 Å². The first-order valence-corrected chi connectivity index (χ1v) is 12.9. The Morgan fingerprint density at radius 2 is 1.82 bits per heavy atom. The van der Waals surface area contributed by atoms with E-state index in [0.29, 0.717) is 33.0 Å². The molecule has 38 heavy (non-hydrogen) atoms. The topological polar surface area (TPSA) is 80.6 Å². The second-order valence-corrected chi connectivity index (χ2v) is 10.5. The summed E-state index contributed by atoms with van der Waals surface area (Å²) in [5, 5.41) is 1.00. The highest BCUT2D eigenvalue weighted by Gasteiger charge is 2.45. The van der Waals surface area contributed by atoms with Crippen molar-refractivity contribution in [2.24, 2.45) is 0 Å². The first kappa shape index (κ1) is 26.0. The van der Waals surface area contributed by atoms with Crippen molar-refractivity contribution >= 4 is 40.8 Å². The summed E-state index contributed by atoms with van der Waals surface area (Å²) in [6.07, 6.45) is 5.06. The van der Waals surface area contributed by atoms with Crippen LogP contribution in [0.1, 0.15) is 54.0 Å². The van der Waals surface area contributed by atoms with E-state index < -0.39 is 6.04 Å². The molecule has 2 aliphatic rings. The Labute approximate surface area is 231 Å². The number of ether oxygens (including phenoxy) is 1. The number of methoxy groups -OCH3 is 1. The van der Waals surface area contributed by atoms with Crippen LogP contribution in [0.2, 0.25) is 5.02 Å². The number of hydrogen-bond donors (Lipinski definition) is 0. The second-order valence-electron chi connectivity index (χ2n) is 9.65. The maximum absolute atomic E-state index is 14.1. The first-order valence-electron chi connectivity index (χ1n) is 12.2. The number of carbonyl (C=O) groups is 2. The van der Waals surface area contributed by atoms with Crippen molar-refractivity contribution < 1.29 is 14.3 Å². The summed E-state index contributed by atoms with van der Waals surface area (Å²) in [6.45, 7) is 4.09. The normalized spacial score (nSPS) is 17.1. The first-order chi connectivity index (χ1) is 18.1. The molecule has 1 aromatic carbocycles. The average Bonchev–Trinajstić information content (AvgIpc) is 3.40. The zero-order valence-corrected chi connectivity index (χ0v) is 23.2. The number of rotatable bonds is 6. The fourth-order valence-corrected chi connectivity index (χ4v) is 5.30. The smallest absolute Gasteiger partial charge is 0.261 e. The minimum absolute atomic E-state index is 0.0472. The second kappa shape index (κ2) is 9.93. The summed E-state index contributed by atoms with van der Waals surface area (Å²) in [5.74, 6) is 0.458. The van der Waals surface area contributed by atoms with E-state index in [1.54, 1.807) is 47.4 Å². The number of hydrogen-bond acceptors (Lipinski definition) is 6. The molecule has 1 unspecified atom stereocenters. The Bertz CT molecular complexity index is 1510. The predicted octanol–water partition coefficient (Wildman–Crippen LogP) is 5.78. The van der Waals surface area contributed by atoms with Gasteiger partial charge in [0.15, 0.2) is 5.78 Å². The summed E-state index contributed by atoms with van der Waals surface area (Å²) >= 11 is 12.5. The van der Waals surface area contributed by atoms with Crippen molar-refractivity contribution in [1.29, 1.82) is 0 Å². The Hall–Kier alpha value is -3.62. The summed E-state index contributed by atoms with van der Waals surface area (Å²) in [6, 6.07) is 8.53. The van der Waals surface area contributed by atoms with Gasteiger partial charge < -0.3 is 14.2 Å². The predicted molar refractivity (Wildman–Crippen MR) is 148 cm³/mol. The fraction of sp³-hybridized carbons (Fsp3) is 0.286. The number of amides is 1. The molecule has 1 amide bonds. The molecule has 0 N–H and O–H groups in total. The van der Waals surface area contributed by atoms with Gasteiger partial charge >= 0.3 is 0 Å². The Morgan fingerprint density at radius 1 is 1.11 bits per heavy atom. The van der Waals surface area contributed by atoms with Crippen molar-refractivity contribution in [3.05, 3.63) is 81.3 Å². The van der Waals surface area contributed by atoms with Gasteiger partial charge in [-0.2, -0.15) is 4.98 Å². The number of aromatic nitrogens is 3. The standard InChI is InChI=1S/C28H27Cl2N5O3/c1-15(2)34-21(20-14-31-28(33(3)4)32-26(20)38-5)13-19-25(34)24(16-6-8-17(29)9-7-16)35(27(19)37)22-12-18(30)10-11-23(22)36/h6-10,12-15,24H,11H2,1-5H3. The van der Waals surface area contributed by atoms with Gasteiger partial charge in [0.05, 0.1) is 35.3 Å². The molecule has 2 aromatic heterocycles. The Balaban J connectivity index is 1.76. The van der Waals surface area contributed by atoms with Crippen molar-refractivity contribution in [3.8, 4) is 17.1 Å². The van der Waals surface area contributed by atoms with E-state index in [9.17, 15) is 9.59 Å². The molecule has 3 aromatic rings. The van der Waals surface area contributed by atoms with E-state index in [2.05, 4.69) is 14.5 Å². The van der Waals surface area contributed by atoms with Crippen LogP contribution in [0.25, 0.3) is 11.3 Å². The lowest BCUT2D eigenvalue weighted by atomic mass is 10.0. The summed E-state index contributed by atoms with van der Waals surface area (Å²) in [4.78, 5) is 39.5. The maximum Gasteiger partial charge on any atom is 0.261 e. The van der Waals surface area contributed by atoms with Crippen LogP contribution in [0.5, 0.6) is 5.88 Å². The number of carbonyl (C=O) groups excluding carboxylic acids is 2. The third-order valence-electron chi connectivity index (χ3n) is 6.66. The molecular formula is C28H27Cl2N5O3. The molecular weight excluding hydrogens is 525 g/mol. The number of nitrogens with zero attached hydrogens (tertiary/aromatic N) is 5. The van der Waals surface area contributed by atoms with Crippen LogP contribution in [0.4, 0.5) is 5.95 Å². The van der Waals surface area contributed by atoms with E-state index in [4.69, 9.17) is 27.9 Å². The number of fused-ring (bicyclic) bond motifs is 1. The maximum atomic E-state index is 14.1. The number of allylic oxidation sites excluding steroid dienone is 4. The van der Waals surface area contributed by atoms with Gasteiger partial charge in [-0.3, -0.25) is 14.5 Å². The van der Waals surface area contributed by atoms with E-state index in [-0.39, 0.29) is 29.9 Å². The Morgan fingerprint density at radius 3 is 2.45 bits per heavy atom. The largest absolute Gasteiger partial charge is 0.480 e. The van der Waals surface area contributed by atoms with Gasteiger partial charge in [0.2, 0.25) is 11.8 Å². The highest BCUT2D eigenvalue weighted by Crippen LogP contribution is 2.47. The number of Topliss-reactive ketones (excluding diaryl/α,β-unsaturated/α-hetero) is 1. The van der Waals surface area contributed by atoms with Crippen LogP contribution in [-0.4, -0.2) is 52.3 Å². The molecule has 1 aliphatic carbocycles. The molecule has 1 aliphatic heterocycles. The molecule has 10 heteroatoms. The molecule has 0 bridgehead atoms. The fourth-order valence-electron chi connectivity index (χ4n) is 5.00. The van der Waals surface area contributed by atoms with Gasteiger partial charge in [-0.25, -0.2) is 4.98 Å². The van der Waals surface area contributed by atoms with Crippen LogP contribution < -0.4 is 9.64 Å². The van der Waals surface area contributed by atoms with Crippen molar-refractivity contribution in [3.63, 3.8) is 0 Å². The molecule has 1 atom stereocenters. The van der Waals surface area contributed by atoms with E-state index in [0.717, 1.165) is 17.0 Å². The molecule has 196 valence electrons. The van der Waals surface area contributed by atoms with E-state index >= 15 is 0 Å². The molecule has 0 spiro atoms. The summed E-state index contributed by atoms with van der Waals surface area (Å²) in [5.41, 5.74) is 3.76. The highest BCUT2D eigenvalue weighted by molar-refractivity contribution is 6.32. The van der Waals surface area contributed by atoms with Gasteiger partial charge in [-0.15, -0.1) is 0 Å². The number of anilines is 1. The van der Waals surface area contributed by atoms with Crippen molar-refractivity contribution in [1.82, 2.24) is 19.4 Å². The summed E-state index contributed by atoms with van der Waals surface area (Å²) in [7, 11) is 5.27. The zero-order chi connectivity index (χ0) is 27.3. The minimum Gasteiger partial charge on any atom is -0.480 e. The van der Waals surface area contributed by atoms with E-state index in [1.165, 1.54) is 0 Å². The lowest BCUT2D eigenvalue weighted by Gasteiger charge is -2.31. The molecule has 8 nitrogen and oxygen atoms in total. The lowest BCUT2D eigenvalue weighted by molar-refractivity contribution is -0.116. The quantitative estimate of drug-likeness (QED) is 0.386. The monoisotopic (exact) mass is 551 g/mol. The third-order valence-corrected chi connectivity index (χ3v) is 7.17. The van der Waals surface area contributed by atoms with Gasteiger partial charge in [0, 0.05) is 42.8 Å². The van der Waals surface area contributed by atoms with Crippen LogP contribution in [-0.2, 0) is 4.79 Å². The van der Waals surface area contributed by atoms with Crippen LogP contribution in [0.15, 0.2) is 59.4 Å².